The van der Waals surface area contributed by atoms with Gasteiger partial charge in [-0.3, -0.25) is 4.90 Å². The van der Waals surface area contributed by atoms with Crippen molar-refractivity contribution < 1.29 is 24.1 Å². The number of nitrogens with zero attached hydrogens (tertiary/aromatic N) is 1. The lowest BCUT2D eigenvalue weighted by molar-refractivity contribution is 0.0328. The first kappa shape index (κ1) is 19.3. The van der Waals surface area contributed by atoms with Gasteiger partial charge in [0.25, 0.3) is 0 Å². The number of aromatic hydroxyl groups is 1. The van der Waals surface area contributed by atoms with E-state index in [9.17, 15) is 24.1 Å². The van der Waals surface area contributed by atoms with Crippen molar-refractivity contribution in [1.29, 1.82) is 0 Å². The molecule has 2 aliphatic rings. The van der Waals surface area contributed by atoms with Gasteiger partial charge in [0.05, 0.1) is 11.7 Å². The van der Waals surface area contributed by atoms with Gasteiger partial charge in [-0.1, -0.05) is 18.2 Å². The summed E-state index contributed by atoms with van der Waals surface area (Å²) in [5, 5.41) is 30.7. The minimum atomic E-state index is -0.827. The normalized spacial score (nSPS) is 28.4. The summed E-state index contributed by atoms with van der Waals surface area (Å²) in [6.07, 6.45) is 1.08. The van der Waals surface area contributed by atoms with Crippen molar-refractivity contribution in [3.8, 4) is 5.75 Å². The van der Waals surface area contributed by atoms with Crippen molar-refractivity contribution in [2.45, 2.75) is 31.0 Å². The van der Waals surface area contributed by atoms with Crippen LogP contribution in [0.15, 0.2) is 42.5 Å². The minimum Gasteiger partial charge on any atom is -0.505 e. The summed E-state index contributed by atoms with van der Waals surface area (Å²) in [5.41, 5.74) is 0.614. The number of halogens is 2. The zero-order chi connectivity index (χ0) is 19.9. The fourth-order valence-corrected chi connectivity index (χ4v) is 4.91. The first-order valence-electron chi connectivity index (χ1n) is 9.67. The summed E-state index contributed by atoms with van der Waals surface area (Å²) in [4.78, 5) is 2.15. The van der Waals surface area contributed by atoms with Gasteiger partial charge in [0.1, 0.15) is 5.82 Å². The van der Waals surface area contributed by atoms with Gasteiger partial charge in [-0.05, 0) is 60.1 Å². The van der Waals surface area contributed by atoms with E-state index in [1.807, 2.05) is 0 Å². The number of rotatable bonds is 5. The highest BCUT2D eigenvalue weighted by atomic mass is 19.1. The van der Waals surface area contributed by atoms with Crippen molar-refractivity contribution >= 4 is 0 Å². The lowest BCUT2D eigenvalue weighted by Crippen LogP contribution is -2.33. The summed E-state index contributed by atoms with van der Waals surface area (Å²) in [6, 6.07) is 10.2. The Hall–Kier alpha value is -2.02. The molecular formula is C22H25F2NO3. The summed E-state index contributed by atoms with van der Waals surface area (Å²) in [6.45, 7) is 1.97. The van der Waals surface area contributed by atoms with Gasteiger partial charge in [0.15, 0.2) is 11.6 Å². The van der Waals surface area contributed by atoms with Crippen molar-refractivity contribution in [3.05, 3.63) is 65.2 Å². The van der Waals surface area contributed by atoms with Gasteiger partial charge in [0, 0.05) is 26.1 Å². The molecule has 1 aliphatic heterocycles. The van der Waals surface area contributed by atoms with Crippen LogP contribution in [0.25, 0.3) is 0 Å². The number of phenolic OH excluding ortho intramolecular Hbond substituents is 1. The van der Waals surface area contributed by atoms with Crippen LogP contribution in [0.3, 0.4) is 0 Å². The third-order valence-corrected chi connectivity index (χ3v) is 6.17. The molecule has 3 N–H and O–H groups in total. The van der Waals surface area contributed by atoms with Crippen LogP contribution in [0.4, 0.5) is 8.78 Å². The molecule has 6 heteroatoms. The van der Waals surface area contributed by atoms with Crippen LogP contribution in [-0.2, 0) is 6.42 Å². The first-order chi connectivity index (χ1) is 13.3. The molecule has 2 fully saturated rings. The molecule has 1 saturated carbocycles. The zero-order valence-electron chi connectivity index (χ0n) is 15.6. The van der Waals surface area contributed by atoms with Crippen LogP contribution in [0.1, 0.15) is 30.1 Å². The van der Waals surface area contributed by atoms with Crippen molar-refractivity contribution in [2.24, 2.45) is 11.8 Å². The lowest BCUT2D eigenvalue weighted by Gasteiger charge is -2.27. The monoisotopic (exact) mass is 389 g/mol. The molecule has 4 atom stereocenters. The van der Waals surface area contributed by atoms with Crippen LogP contribution >= 0.6 is 0 Å². The molecule has 4 nitrogen and oxygen atoms in total. The molecule has 0 amide bonds. The number of aliphatic hydroxyl groups is 2. The van der Waals surface area contributed by atoms with Crippen LogP contribution in [-0.4, -0.2) is 45.5 Å². The fourth-order valence-electron chi connectivity index (χ4n) is 4.91. The van der Waals surface area contributed by atoms with E-state index in [1.165, 1.54) is 30.3 Å². The number of phenols is 1. The molecular weight excluding hydrogens is 364 g/mol. The van der Waals surface area contributed by atoms with E-state index >= 15 is 0 Å². The highest BCUT2D eigenvalue weighted by Gasteiger charge is 2.48. The van der Waals surface area contributed by atoms with Crippen molar-refractivity contribution in [3.63, 3.8) is 0 Å². The quantitative estimate of drug-likeness (QED) is 0.736. The highest BCUT2D eigenvalue weighted by Crippen LogP contribution is 2.45. The average molecular weight is 389 g/mol. The molecule has 0 radical (unpaired) electrons. The first-order valence-corrected chi connectivity index (χ1v) is 9.67. The van der Waals surface area contributed by atoms with Crippen LogP contribution in [0.2, 0.25) is 0 Å². The molecule has 4 rings (SSSR count). The minimum absolute atomic E-state index is 0.276. The molecule has 1 heterocycles. The third-order valence-electron chi connectivity index (χ3n) is 6.17. The summed E-state index contributed by atoms with van der Waals surface area (Å²) < 4.78 is 26.6. The van der Waals surface area contributed by atoms with E-state index in [2.05, 4.69) is 4.90 Å². The van der Waals surface area contributed by atoms with Gasteiger partial charge in [-0.15, -0.1) is 0 Å². The molecule has 28 heavy (non-hydrogen) atoms. The fraction of sp³-hybridized carbons (Fsp3) is 0.455. The summed E-state index contributed by atoms with van der Waals surface area (Å²) >= 11 is 0. The van der Waals surface area contributed by atoms with Gasteiger partial charge < -0.3 is 15.3 Å². The number of hydrogen-bond donors (Lipinski definition) is 3. The van der Waals surface area contributed by atoms with Gasteiger partial charge >= 0.3 is 0 Å². The Kier molecular flexibility index (Phi) is 5.12. The van der Waals surface area contributed by atoms with E-state index in [0.717, 1.165) is 18.7 Å². The van der Waals surface area contributed by atoms with Crippen LogP contribution in [0, 0.1) is 23.5 Å². The SMILES string of the molecule is Oc1ccc(C(O)CN2CC3CC(O)(Cc4ccc(F)cc4)C[C@@H]3C2)cc1F. The Morgan fingerprint density at radius 2 is 1.68 bits per heavy atom. The molecule has 2 aromatic rings. The number of fused-ring (bicyclic) bond motifs is 1. The Labute approximate surface area is 163 Å². The smallest absolute Gasteiger partial charge is 0.165 e. The number of β-amino-alcohol motifs (C(OH)–C–C–N with tert-alkyl or cyclic N) is 1. The van der Waals surface area contributed by atoms with Crippen LogP contribution < -0.4 is 0 Å². The molecule has 150 valence electrons. The Bertz CT molecular complexity index is 828. The van der Waals surface area contributed by atoms with E-state index in [-0.39, 0.29) is 5.82 Å². The Morgan fingerprint density at radius 3 is 2.29 bits per heavy atom. The Morgan fingerprint density at radius 1 is 1.04 bits per heavy atom. The van der Waals surface area contributed by atoms with Crippen molar-refractivity contribution in [2.75, 3.05) is 19.6 Å². The number of hydrogen-bond acceptors (Lipinski definition) is 4. The predicted octanol–water partition coefficient (Wildman–Crippen LogP) is 3.02. The van der Waals surface area contributed by atoms with E-state index in [1.54, 1.807) is 12.1 Å². The molecule has 0 bridgehead atoms. The maximum atomic E-state index is 13.5. The number of benzene rings is 2. The highest BCUT2D eigenvalue weighted by molar-refractivity contribution is 5.29. The maximum absolute atomic E-state index is 13.5. The summed E-state index contributed by atoms with van der Waals surface area (Å²) in [5.74, 6) is -0.724. The molecule has 0 aromatic heterocycles. The second-order valence-electron chi connectivity index (χ2n) is 8.40. The Balaban J connectivity index is 1.33. The van der Waals surface area contributed by atoms with E-state index < -0.39 is 23.3 Å². The third kappa shape index (κ3) is 4.04. The van der Waals surface area contributed by atoms with Gasteiger partial charge in [0.2, 0.25) is 0 Å². The molecule has 2 aromatic carbocycles. The number of aliphatic hydroxyl groups excluding tert-OH is 1. The number of likely N-dealkylation sites (tertiary alicyclic amines) is 1. The lowest BCUT2D eigenvalue weighted by atomic mass is 9.91. The molecule has 1 aliphatic carbocycles. The largest absolute Gasteiger partial charge is 0.505 e. The molecule has 0 spiro atoms. The van der Waals surface area contributed by atoms with E-state index in [4.69, 9.17) is 0 Å². The summed E-state index contributed by atoms with van der Waals surface area (Å²) in [7, 11) is 0. The second kappa shape index (κ2) is 7.43. The van der Waals surface area contributed by atoms with Crippen LogP contribution in [0.5, 0.6) is 5.75 Å². The maximum Gasteiger partial charge on any atom is 0.165 e. The predicted molar refractivity (Wildman–Crippen MR) is 101 cm³/mol. The molecule has 1 saturated heterocycles. The van der Waals surface area contributed by atoms with E-state index in [0.29, 0.717) is 43.2 Å². The van der Waals surface area contributed by atoms with Crippen molar-refractivity contribution in [1.82, 2.24) is 4.90 Å². The zero-order valence-corrected chi connectivity index (χ0v) is 15.6. The standard InChI is InChI=1S/C22H25F2NO3/c23-18-4-1-14(2-5-18)8-22(28)9-16-11-25(12-17(16)10-22)13-21(27)15-3-6-20(26)19(24)7-15/h1-7,16-17,21,26-28H,8-13H2/t16-,17?,21?,22?/m1/s1. The van der Waals surface area contributed by atoms with Gasteiger partial charge in [-0.25, -0.2) is 8.78 Å². The molecule has 3 unspecified atom stereocenters. The second-order valence-corrected chi connectivity index (χ2v) is 8.40. The van der Waals surface area contributed by atoms with Gasteiger partial charge in [-0.2, -0.15) is 0 Å². The average Bonchev–Trinajstić information content (AvgIpc) is 3.13. The topological polar surface area (TPSA) is 63.9 Å².